The average molecular weight is 246 g/mol. The third-order valence-electron chi connectivity index (χ3n) is 2.56. The Morgan fingerprint density at radius 2 is 2.06 bits per heavy atom. The van der Waals surface area contributed by atoms with Crippen LogP contribution >= 0.6 is 11.3 Å². The number of nitrogens with zero attached hydrogens (tertiary/aromatic N) is 2. The number of thiazole rings is 1. The minimum atomic E-state index is 0.0454. The molecule has 17 heavy (non-hydrogen) atoms. The Labute approximate surface area is 101 Å². The number of para-hydroxylation sites is 1. The molecule has 1 aromatic carbocycles. The summed E-state index contributed by atoms with van der Waals surface area (Å²) in [5.74, 6) is 5.93. The van der Waals surface area contributed by atoms with E-state index in [1.165, 1.54) is 22.2 Å². The van der Waals surface area contributed by atoms with E-state index in [1.54, 1.807) is 0 Å². The first kappa shape index (κ1) is 9.98. The Morgan fingerprint density at radius 1 is 1.29 bits per heavy atom. The second-order valence-corrected chi connectivity index (χ2v) is 4.70. The molecule has 0 aliphatic rings. The predicted octanol–water partition coefficient (Wildman–Crippen LogP) is 1.77. The highest BCUT2D eigenvalue weighted by Gasteiger charge is 2.17. The van der Waals surface area contributed by atoms with Gasteiger partial charge in [-0.25, -0.2) is 4.98 Å². The molecule has 0 saturated carbocycles. The summed E-state index contributed by atoms with van der Waals surface area (Å²) in [6.07, 6.45) is 1.37. The van der Waals surface area contributed by atoms with Crippen LogP contribution in [0, 0.1) is 0 Å². The summed E-state index contributed by atoms with van der Waals surface area (Å²) in [5.41, 5.74) is 7.18. The van der Waals surface area contributed by atoms with Crippen molar-refractivity contribution in [3.63, 3.8) is 0 Å². The molecule has 86 valence electrons. The normalized spacial score (nSPS) is 11.1. The molecule has 0 radical (unpaired) electrons. The summed E-state index contributed by atoms with van der Waals surface area (Å²) in [5, 5.41) is 10.4. The van der Waals surface area contributed by atoms with Gasteiger partial charge in [0, 0.05) is 0 Å². The van der Waals surface area contributed by atoms with E-state index in [0.717, 1.165) is 10.2 Å². The Morgan fingerprint density at radius 3 is 2.71 bits per heavy atom. The van der Waals surface area contributed by atoms with Crippen molar-refractivity contribution in [1.82, 2.24) is 9.66 Å². The summed E-state index contributed by atoms with van der Waals surface area (Å²) in [4.78, 5) is 4.43. The molecular formula is C11H10N4OS. The van der Waals surface area contributed by atoms with Crippen LogP contribution in [0.1, 0.15) is 0 Å². The Hall–Kier alpha value is -2.21. The van der Waals surface area contributed by atoms with E-state index < -0.39 is 0 Å². The zero-order chi connectivity index (χ0) is 12.0. The maximum Gasteiger partial charge on any atom is 0.147 e. The van der Waals surface area contributed by atoms with E-state index in [-0.39, 0.29) is 5.75 Å². The number of aromatic hydroxyl groups is 1. The van der Waals surface area contributed by atoms with Crippen molar-refractivity contribution in [2.45, 2.75) is 0 Å². The van der Waals surface area contributed by atoms with Gasteiger partial charge < -0.3 is 16.7 Å². The fourth-order valence-corrected chi connectivity index (χ4v) is 2.75. The fourth-order valence-electron chi connectivity index (χ4n) is 1.72. The molecule has 0 saturated heterocycles. The van der Waals surface area contributed by atoms with Gasteiger partial charge in [-0.15, -0.1) is 11.3 Å². The summed E-state index contributed by atoms with van der Waals surface area (Å²) < 4.78 is 2.24. The van der Waals surface area contributed by atoms with Crippen molar-refractivity contribution >= 4 is 27.4 Å². The third kappa shape index (κ3) is 1.42. The maximum atomic E-state index is 9.78. The van der Waals surface area contributed by atoms with Crippen molar-refractivity contribution in [2.24, 2.45) is 0 Å². The molecule has 0 unspecified atom stereocenters. The molecule has 3 aromatic rings. The quantitative estimate of drug-likeness (QED) is 0.571. The SMILES string of the molecule is Nc1c(-c2nc3ccccc3s2)c(O)cn1N. The minimum Gasteiger partial charge on any atom is -0.505 e. The Kier molecular flexibility index (Phi) is 1.99. The third-order valence-corrected chi connectivity index (χ3v) is 3.61. The van der Waals surface area contributed by atoms with E-state index >= 15 is 0 Å². The summed E-state index contributed by atoms with van der Waals surface area (Å²) >= 11 is 1.47. The summed E-state index contributed by atoms with van der Waals surface area (Å²) in [6.45, 7) is 0. The number of hydrogen-bond acceptors (Lipinski definition) is 5. The number of anilines is 1. The van der Waals surface area contributed by atoms with Crippen molar-refractivity contribution in [2.75, 3.05) is 11.6 Å². The molecule has 2 aromatic heterocycles. The largest absolute Gasteiger partial charge is 0.505 e. The molecule has 0 atom stereocenters. The first-order chi connectivity index (χ1) is 8.16. The molecule has 3 rings (SSSR count). The number of aromatic nitrogens is 2. The van der Waals surface area contributed by atoms with Gasteiger partial charge in [0.2, 0.25) is 0 Å². The number of benzene rings is 1. The molecule has 5 nitrogen and oxygen atoms in total. The van der Waals surface area contributed by atoms with Crippen LogP contribution < -0.4 is 11.6 Å². The maximum absolute atomic E-state index is 9.78. The number of nitrogens with two attached hydrogens (primary N) is 2. The first-order valence-electron chi connectivity index (χ1n) is 4.97. The van der Waals surface area contributed by atoms with Crippen LogP contribution in [-0.4, -0.2) is 14.8 Å². The number of rotatable bonds is 1. The topological polar surface area (TPSA) is 90.1 Å². The molecule has 0 aliphatic heterocycles. The van der Waals surface area contributed by atoms with Crippen LogP contribution in [0.3, 0.4) is 0 Å². The molecule has 0 bridgehead atoms. The molecule has 2 heterocycles. The van der Waals surface area contributed by atoms with Gasteiger partial charge in [-0.2, -0.15) is 0 Å². The smallest absolute Gasteiger partial charge is 0.147 e. The van der Waals surface area contributed by atoms with Crippen LogP contribution in [-0.2, 0) is 0 Å². The fraction of sp³-hybridized carbons (Fsp3) is 0. The van der Waals surface area contributed by atoms with E-state index in [0.29, 0.717) is 16.4 Å². The highest BCUT2D eigenvalue weighted by atomic mass is 32.1. The molecular weight excluding hydrogens is 236 g/mol. The summed E-state index contributed by atoms with van der Waals surface area (Å²) in [7, 11) is 0. The van der Waals surface area contributed by atoms with Crippen molar-refractivity contribution in [1.29, 1.82) is 0 Å². The minimum absolute atomic E-state index is 0.0454. The number of nitrogen functional groups attached to an aromatic ring is 2. The predicted molar refractivity (Wildman–Crippen MR) is 69.3 cm³/mol. The van der Waals surface area contributed by atoms with Gasteiger partial charge in [-0.1, -0.05) is 12.1 Å². The lowest BCUT2D eigenvalue weighted by atomic mass is 10.3. The van der Waals surface area contributed by atoms with E-state index in [1.807, 2.05) is 24.3 Å². The van der Waals surface area contributed by atoms with E-state index in [2.05, 4.69) is 4.98 Å². The van der Waals surface area contributed by atoms with Gasteiger partial charge in [0.1, 0.15) is 16.6 Å². The van der Waals surface area contributed by atoms with Crippen LogP contribution in [0.4, 0.5) is 5.82 Å². The average Bonchev–Trinajstić information content (AvgIpc) is 2.81. The highest BCUT2D eigenvalue weighted by molar-refractivity contribution is 7.21. The Bertz CT molecular complexity index is 668. The van der Waals surface area contributed by atoms with Gasteiger partial charge in [0.15, 0.2) is 0 Å². The zero-order valence-corrected chi connectivity index (χ0v) is 9.61. The standard InChI is InChI=1S/C11H10N4OS/c12-10-9(7(16)5-15(10)13)11-14-6-3-1-2-4-8(6)17-11/h1-5,16H,12-13H2. The first-order valence-corrected chi connectivity index (χ1v) is 5.79. The zero-order valence-electron chi connectivity index (χ0n) is 8.79. The number of hydrogen-bond donors (Lipinski definition) is 3. The lowest BCUT2D eigenvalue weighted by Crippen LogP contribution is -2.09. The van der Waals surface area contributed by atoms with Gasteiger partial charge in [0.25, 0.3) is 0 Å². The van der Waals surface area contributed by atoms with Gasteiger partial charge in [0.05, 0.1) is 22.0 Å². The van der Waals surface area contributed by atoms with Gasteiger partial charge >= 0.3 is 0 Å². The monoisotopic (exact) mass is 246 g/mol. The van der Waals surface area contributed by atoms with Crippen molar-refractivity contribution < 1.29 is 5.11 Å². The molecule has 0 amide bonds. The van der Waals surface area contributed by atoms with Crippen LogP contribution in [0.2, 0.25) is 0 Å². The lowest BCUT2D eigenvalue weighted by molar-refractivity contribution is 0.477. The molecule has 0 fully saturated rings. The van der Waals surface area contributed by atoms with Crippen LogP contribution in [0.25, 0.3) is 20.8 Å². The van der Waals surface area contributed by atoms with Crippen molar-refractivity contribution in [3.8, 4) is 16.3 Å². The molecule has 0 spiro atoms. The summed E-state index contributed by atoms with van der Waals surface area (Å²) in [6, 6.07) is 7.76. The van der Waals surface area contributed by atoms with Crippen molar-refractivity contribution in [3.05, 3.63) is 30.5 Å². The molecule has 5 N–H and O–H groups in total. The lowest BCUT2D eigenvalue weighted by Gasteiger charge is -1.97. The number of fused-ring (bicyclic) bond motifs is 1. The van der Waals surface area contributed by atoms with Gasteiger partial charge in [-0.3, -0.25) is 4.68 Å². The van der Waals surface area contributed by atoms with Gasteiger partial charge in [-0.05, 0) is 12.1 Å². The second-order valence-electron chi connectivity index (χ2n) is 3.67. The second kappa shape index (κ2) is 3.39. The molecule has 0 aliphatic carbocycles. The van der Waals surface area contributed by atoms with E-state index in [4.69, 9.17) is 11.6 Å². The van der Waals surface area contributed by atoms with Crippen LogP contribution in [0.15, 0.2) is 30.5 Å². The molecule has 6 heteroatoms. The van der Waals surface area contributed by atoms with Crippen LogP contribution in [0.5, 0.6) is 5.75 Å². The highest BCUT2D eigenvalue weighted by Crippen LogP contribution is 2.39. The van der Waals surface area contributed by atoms with E-state index in [9.17, 15) is 5.11 Å². The Balaban J connectivity index is 2.27.